The van der Waals surface area contributed by atoms with Gasteiger partial charge in [-0.15, -0.1) is 24.9 Å². The SMILES string of the molecule is C=CCCCOC(=O)[C@@H]1[C@@H]2CCC3(S2)C(C(=O)N(CC=C)c2ccc(OC)cc2)N([C@H](CO)c2ccccc2)C(=O)[C@H]13. The number of benzene rings is 2. The monoisotopic (exact) mass is 590 g/mol. The number of fused-ring (bicyclic) bond motifs is 1. The van der Waals surface area contributed by atoms with E-state index in [1.165, 1.54) is 0 Å². The molecule has 6 atom stereocenters. The third-order valence-electron chi connectivity index (χ3n) is 8.70. The van der Waals surface area contributed by atoms with Crippen molar-refractivity contribution in [2.75, 3.05) is 31.8 Å². The first kappa shape index (κ1) is 29.9. The number of unbranched alkanes of at least 4 members (excludes halogenated alkanes) is 1. The van der Waals surface area contributed by atoms with E-state index in [0.717, 1.165) is 12.0 Å². The number of hydrogen-bond acceptors (Lipinski definition) is 7. The Morgan fingerprint density at radius 2 is 1.90 bits per heavy atom. The standard InChI is InChI=1S/C33H38N2O6S/c1-4-6-10-20-41-32(39)27-26-17-18-33(42-26)28(27)30(37)35(25(21-36)22-11-8-7-9-12-22)29(33)31(38)34(19-5-2)23-13-15-24(40-3)16-14-23/h4-5,7-9,11-16,25-29,36H,1-2,6,10,17-21H2,3H3/t25-,26+,27-,28+,29?,33?/m1/s1. The maximum atomic E-state index is 14.8. The number of ether oxygens (including phenoxy) is 2. The molecule has 2 unspecified atom stereocenters. The Morgan fingerprint density at radius 3 is 2.55 bits per heavy atom. The molecule has 3 fully saturated rings. The van der Waals surface area contributed by atoms with Gasteiger partial charge in [-0.25, -0.2) is 0 Å². The number of carbonyl (C=O) groups excluding carboxylic acids is 3. The number of methoxy groups -OCH3 is 1. The number of likely N-dealkylation sites (tertiary alicyclic amines) is 1. The second kappa shape index (κ2) is 12.8. The quantitative estimate of drug-likeness (QED) is 0.208. The number of anilines is 1. The number of carbonyl (C=O) groups is 3. The lowest BCUT2D eigenvalue weighted by Crippen LogP contribution is -2.56. The molecule has 42 heavy (non-hydrogen) atoms. The van der Waals surface area contributed by atoms with Gasteiger partial charge in [0.25, 0.3) is 5.91 Å². The molecular weight excluding hydrogens is 552 g/mol. The highest BCUT2D eigenvalue weighted by Crippen LogP contribution is 2.67. The lowest BCUT2D eigenvalue weighted by atomic mass is 9.71. The molecule has 3 saturated heterocycles. The topological polar surface area (TPSA) is 96.4 Å². The molecule has 3 aliphatic heterocycles. The van der Waals surface area contributed by atoms with Crippen molar-refractivity contribution in [2.24, 2.45) is 11.8 Å². The maximum Gasteiger partial charge on any atom is 0.310 e. The first-order chi connectivity index (χ1) is 20.4. The second-order valence-electron chi connectivity index (χ2n) is 10.9. The van der Waals surface area contributed by atoms with Crippen LogP contribution in [-0.2, 0) is 19.1 Å². The summed E-state index contributed by atoms with van der Waals surface area (Å²) in [5.74, 6) is -1.65. The van der Waals surface area contributed by atoms with Gasteiger partial charge >= 0.3 is 5.97 Å². The van der Waals surface area contributed by atoms with Crippen molar-refractivity contribution in [1.82, 2.24) is 4.90 Å². The summed E-state index contributed by atoms with van der Waals surface area (Å²) in [5.41, 5.74) is 1.37. The summed E-state index contributed by atoms with van der Waals surface area (Å²) in [6.07, 6.45) is 6.15. The Labute approximate surface area is 251 Å². The van der Waals surface area contributed by atoms with Crippen LogP contribution in [0.2, 0.25) is 0 Å². The average Bonchev–Trinajstić information content (AvgIpc) is 3.66. The zero-order chi connectivity index (χ0) is 29.9. The molecule has 1 N–H and O–H groups in total. The van der Waals surface area contributed by atoms with E-state index in [1.54, 1.807) is 65.1 Å². The van der Waals surface area contributed by atoms with Crippen LogP contribution in [0.1, 0.15) is 37.3 Å². The molecular formula is C33H38N2O6S. The van der Waals surface area contributed by atoms with E-state index in [9.17, 15) is 19.5 Å². The Kier molecular flexibility index (Phi) is 9.08. The zero-order valence-electron chi connectivity index (χ0n) is 23.9. The van der Waals surface area contributed by atoms with E-state index in [1.807, 2.05) is 30.3 Å². The summed E-state index contributed by atoms with van der Waals surface area (Å²) in [6, 6.07) is 14.8. The molecule has 1 spiro atoms. The van der Waals surface area contributed by atoms with Crippen molar-refractivity contribution in [3.05, 3.63) is 85.5 Å². The van der Waals surface area contributed by atoms with E-state index < -0.39 is 28.7 Å². The maximum absolute atomic E-state index is 14.8. The van der Waals surface area contributed by atoms with E-state index >= 15 is 0 Å². The summed E-state index contributed by atoms with van der Waals surface area (Å²) in [6.45, 7) is 7.71. The van der Waals surface area contributed by atoms with Gasteiger partial charge in [0.2, 0.25) is 5.91 Å². The second-order valence-corrected chi connectivity index (χ2v) is 12.5. The molecule has 2 aromatic carbocycles. The van der Waals surface area contributed by atoms with Gasteiger partial charge in [-0.1, -0.05) is 42.5 Å². The van der Waals surface area contributed by atoms with Gasteiger partial charge in [-0.3, -0.25) is 14.4 Å². The highest BCUT2D eigenvalue weighted by atomic mass is 32.2. The smallest absolute Gasteiger partial charge is 0.310 e. The molecule has 5 rings (SSSR count). The lowest BCUT2D eigenvalue weighted by Gasteiger charge is -2.39. The first-order valence-corrected chi connectivity index (χ1v) is 15.3. The molecule has 2 amide bonds. The summed E-state index contributed by atoms with van der Waals surface area (Å²) in [7, 11) is 1.58. The van der Waals surface area contributed by atoms with Crippen molar-refractivity contribution in [1.29, 1.82) is 0 Å². The minimum atomic E-state index is -0.900. The lowest BCUT2D eigenvalue weighted by molar-refractivity contribution is -0.154. The Hall–Kier alpha value is -3.56. The van der Waals surface area contributed by atoms with Crippen molar-refractivity contribution in [3.63, 3.8) is 0 Å². The molecule has 9 heteroatoms. The number of aliphatic hydroxyl groups is 1. The van der Waals surface area contributed by atoms with Crippen LogP contribution in [0.15, 0.2) is 79.9 Å². The van der Waals surface area contributed by atoms with Crippen LogP contribution in [0.25, 0.3) is 0 Å². The van der Waals surface area contributed by atoms with Gasteiger partial charge in [0, 0.05) is 17.5 Å². The van der Waals surface area contributed by atoms with Gasteiger partial charge in [0.15, 0.2) is 0 Å². The molecule has 2 bridgehead atoms. The Morgan fingerprint density at radius 1 is 1.17 bits per heavy atom. The molecule has 0 saturated carbocycles. The Balaban J connectivity index is 1.57. The fourth-order valence-corrected chi connectivity index (χ4v) is 9.05. The third kappa shape index (κ3) is 5.13. The average molecular weight is 591 g/mol. The number of esters is 1. The number of hydrogen-bond donors (Lipinski definition) is 1. The van der Waals surface area contributed by atoms with Crippen LogP contribution in [0, 0.1) is 11.8 Å². The molecule has 8 nitrogen and oxygen atoms in total. The molecule has 0 aliphatic carbocycles. The summed E-state index contributed by atoms with van der Waals surface area (Å²) < 4.78 is 10.2. The van der Waals surface area contributed by atoms with E-state index in [-0.39, 0.29) is 42.8 Å². The zero-order valence-corrected chi connectivity index (χ0v) is 24.7. The highest BCUT2D eigenvalue weighted by molar-refractivity contribution is 8.02. The molecule has 0 radical (unpaired) electrons. The van der Waals surface area contributed by atoms with Crippen LogP contribution in [0.3, 0.4) is 0 Å². The number of aliphatic hydroxyl groups excluding tert-OH is 1. The van der Waals surface area contributed by atoms with Gasteiger partial charge in [0.05, 0.1) is 42.9 Å². The molecule has 0 aromatic heterocycles. The molecule has 2 aromatic rings. The summed E-state index contributed by atoms with van der Waals surface area (Å²) in [5, 5.41) is 10.6. The van der Waals surface area contributed by atoms with Crippen molar-refractivity contribution < 1.29 is 29.0 Å². The predicted molar refractivity (Wildman–Crippen MR) is 163 cm³/mol. The van der Waals surface area contributed by atoms with Crippen LogP contribution in [0.4, 0.5) is 5.69 Å². The van der Waals surface area contributed by atoms with Crippen LogP contribution in [-0.4, -0.2) is 70.7 Å². The van der Waals surface area contributed by atoms with Gasteiger partial charge in [-0.05, 0) is 55.5 Å². The normalized spacial score (nSPS) is 26.4. The van der Waals surface area contributed by atoms with Crippen LogP contribution in [0.5, 0.6) is 5.75 Å². The van der Waals surface area contributed by atoms with Crippen molar-refractivity contribution in [3.8, 4) is 5.75 Å². The van der Waals surface area contributed by atoms with E-state index in [4.69, 9.17) is 9.47 Å². The van der Waals surface area contributed by atoms with Gasteiger partial charge in [0.1, 0.15) is 11.8 Å². The number of thioether (sulfide) groups is 1. The number of rotatable bonds is 13. The van der Waals surface area contributed by atoms with Crippen LogP contribution < -0.4 is 9.64 Å². The first-order valence-electron chi connectivity index (χ1n) is 14.4. The highest BCUT2D eigenvalue weighted by Gasteiger charge is 2.75. The van der Waals surface area contributed by atoms with E-state index in [2.05, 4.69) is 13.2 Å². The Bertz CT molecular complexity index is 1320. The largest absolute Gasteiger partial charge is 0.497 e. The van der Waals surface area contributed by atoms with Gasteiger partial charge < -0.3 is 24.4 Å². The third-order valence-corrected chi connectivity index (χ3v) is 10.6. The fraction of sp³-hybridized carbons (Fsp3) is 0.424. The number of nitrogens with zero attached hydrogens (tertiary/aromatic N) is 2. The minimum absolute atomic E-state index is 0.110. The van der Waals surface area contributed by atoms with Gasteiger partial charge in [-0.2, -0.15) is 0 Å². The summed E-state index contributed by atoms with van der Waals surface area (Å²) >= 11 is 1.58. The molecule has 3 heterocycles. The summed E-state index contributed by atoms with van der Waals surface area (Å²) in [4.78, 5) is 46.0. The molecule has 222 valence electrons. The predicted octanol–water partition coefficient (Wildman–Crippen LogP) is 4.55. The number of allylic oxidation sites excluding steroid dienone is 1. The van der Waals surface area contributed by atoms with E-state index in [0.29, 0.717) is 30.7 Å². The van der Waals surface area contributed by atoms with Crippen LogP contribution >= 0.6 is 11.8 Å². The minimum Gasteiger partial charge on any atom is -0.497 e. The van der Waals surface area contributed by atoms with Crippen molar-refractivity contribution >= 4 is 35.2 Å². The number of amides is 2. The fourth-order valence-electron chi connectivity index (χ4n) is 6.86. The van der Waals surface area contributed by atoms with Crippen molar-refractivity contribution in [2.45, 2.75) is 47.8 Å². The molecule has 3 aliphatic rings.